The number of hydrogen-bond donors (Lipinski definition) is 1. The van der Waals surface area contributed by atoms with Gasteiger partial charge in [0.1, 0.15) is 0 Å². The van der Waals surface area contributed by atoms with Crippen LogP contribution in [0.1, 0.15) is 36.8 Å². The van der Waals surface area contributed by atoms with Gasteiger partial charge in [0.15, 0.2) is 5.13 Å². The van der Waals surface area contributed by atoms with Crippen molar-refractivity contribution in [3.63, 3.8) is 0 Å². The first-order chi connectivity index (χ1) is 6.29. The SMILES string of the molecule is CCC[C@H]1CCc2nc(N)sc2C1.Cl. The molecule has 2 rings (SSSR count). The van der Waals surface area contributed by atoms with E-state index >= 15 is 0 Å². The van der Waals surface area contributed by atoms with Crippen LogP contribution in [0.3, 0.4) is 0 Å². The highest BCUT2D eigenvalue weighted by Crippen LogP contribution is 2.32. The zero-order valence-electron chi connectivity index (χ0n) is 8.45. The molecular weight excluding hydrogens is 216 g/mol. The molecule has 2 N–H and O–H groups in total. The van der Waals surface area contributed by atoms with Crippen molar-refractivity contribution in [1.29, 1.82) is 0 Å². The third-order valence-corrected chi connectivity index (χ3v) is 3.70. The number of rotatable bonds is 2. The van der Waals surface area contributed by atoms with Crippen molar-refractivity contribution in [2.45, 2.75) is 39.0 Å². The van der Waals surface area contributed by atoms with Gasteiger partial charge in [-0.2, -0.15) is 0 Å². The van der Waals surface area contributed by atoms with Crippen LogP contribution in [0.4, 0.5) is 5.13 Å². The van der Waals surface area contributed by atoms with E-state index in [-0.39, 0.29) is 12.4 Å². The van der Waals surface area contributed by atoms with Gasteiger partial charge < -0.3 is 5.73 Å². The second kappa shape index (κ2) is 4.99. The van der Waals surface area contributed by atoms with Crippen molar-refractivity contribution in [2.75, 3.05) is 5.73 Å². The van der Waals surface area contributed by atoms with Crippen molar-refractivity contribution in [3.05, 3.63) is 10.6 Å². The van der Waals surface area contributed by atoms with Crippen LogP contribution in [0.15, 0.2) is 0 Å². The predicted octanol–water partition coefficient (Wildman–Crippen LogP) is 3.05. The van der Waals surface area contributed by atoms with Gasteiger partial charge in [-0.1, -0.05) is 19.8 Å². The Bertz CT molecular complexity index is 298. The van der Waals surface area contributed by atoms with Gasteiger partial charge in [-0.15, -0.1) is 23.7 Å². The summed E-state index contributed by atoms with van der Waals surface area (Å²) in [6, 6.07) is 0. The number of fused-ring (bicyclic) bond motifs is 1. The summed E-state index contributed by atoms with van der Waals surface area (Å²) in [5, 5.41) is 0.752. The molecule has 80 valence electrons. The summed E-state index contributed by atoms with van der Waals surface area (Å²) in [5.74, 6) is 0.886. The second-order valence-electron chi connectivity index (χ2n) is 3.82. The lowest BCUT2D eigenvalue weighted by Gasteiger charge is -2.19. The highest BCUT2D eigenvalue weighted by atomic mass is 35.5. The van der Waals surface area contributed by atoms with Gasteiger partial charge in [0, 0.05) is 4.88 Å². The van der Waals surface area contributed by atoms with E-state index in [1.165, 1.54) is 36.3 Å². The number of thiazole rings is 1. The summed E-state index contributed by atoms with van der Waals surface area (Å²) in [6.45, 7) is 2.26. The molecule has 14 heavy (non-hydrogen) atoms. The minimum Gasteiger partial charge on any atom is -0.375 e. The summed E-state index contributed by atoms with van der Waals surface area (Å²) >= 11 is 1.69. The number of nitrogen functional groups attached to an aromatic ring is 1. The largest absolute Gasteiger partial charge is 0.375 e. The van der Waals surface area contributed by atoms with Crippen LogP contribution in [0.2, 0.25) is 0 Å². The van der Waals surface area contributed by atoms with Gasteiger partial charge in [-0.05, 0) is 25.2 Å². The van der Waals surface area contributed by atoms with Crippen molar-refractivity contribution in [1.82, 2.24) is 4.98 Å². The summed E-state index contributed by atoms with van der Waals surface area (Å²) in [7, 11) is 0. The van der Waals surface area contributed by atoms with E-state index in [2.05, 4.69) is 11.9 Å². The average Bonchev–Trinajstić information content (AvgIpc) is 2.44. The molecule has 0 radical (unpaired) electrons. The second-order valence-corrected chi connectivity index (χ2v) is 4.93. The highest BCUT2D eigenvalue weighted by molar-refractivity contribution is 7.15. The third-order valence-electron chi connectivity index (χ3n) is 2.76. The molecule has 1 aromatic heterocycles. The molecule has 1 heterocycles. The zero-order chi connectivity index (χ0) is 9.26. The quantitative estimate of drug-likeness (QED) is 0.851. The first kappa shape index (κ1) is 11.8. The van der Waals surface area contributed by atoms with E-state index in [1.54, 1.807) is 11.3 Å². The van der Waals surface area contributed by atoms with Gasteiger partial charge in [0.25, 0.3) is 0 Å². The van der Waals surface area contributed by atoms with Crippen molar-refractivity contribution >= 4 is 28.9 Å². The van der Waals surface area contributed by atoms with E-state index in [9.17, 15) is 0 Å². The Morgan fingerprint density at radius 1 is 1.57 bits per heavy atom. The molecule has 0 bridgehead atoms. The number of nitrogens with two attached hydrogens (primary N) is 1. The topological polar surface area (TPSA) is 38.9 Å². The first-order valence-electron chi connectivity index (χ1n) is 5.03. The lowest BCUT2D eigenvalue weighted by molar-refractivity contribution is 0.424. The lowest BCUT2D eigenvalue weighted by Crippen LogP contribution is -2.12. The van der Waals surface area contributed by atoms with E-state index in [0.717, 1.165) is 17.5 Å². The Balaban J connectivity index is 0.000000980. The molecule has 0 amide bonds. The molecule has 4 heteroatoms. The number of anilines is 1. The zero-order valence-corrected chi connectivity index (χ0v) is 10.1. The van der Waals surface area contributed by atoms with Crippen LogP contribution in [0, 0.1) is 5.92 Å². The average molecular weight is 233 g/mol. The number of aryl methyl sites for hydroxylation is 1. The fourth-order valence-corrected chi connectivity index (χ4v) is 3.11. The number of halogens is 1. The molecule has 1 aromatic rings. The van der Waals surface area contributed by atoms with Crippen molar-refractivity contribution in [3.8, 4) is 0 Å². The number of nitrogens with zero attached hydrogens (tertiary/aromatic N) is 1. The minimum absolute atomic E-state index is 0. The van der Waals surface area contributed by atoms with E-state index in [0.29, 0.717) is 0 Å². The molecule has 1 atom stereocenters. The predicted molar refractivity (Wildman–Crippen MR) is 64.2 cm³/mol. The maximum atomic E-state index is 5.69. The van der Waals surface area contributed by atoms with Crippen molar-refractivity contribution < 1.29 is 0 Å². The highest BCUT2D eigenvalue weighted by Gasteiger charge is 2.20. The minimum atomic E-state index is 0. The van der Waals surface area contributed by atoms with E-state index < -0.39 is 0 Å². The van der Waals surface area contributed by atoms with Crippen LogP contribution < -0.4 is 5.73 Å². The Morgan fingerprint density at radius 3 is 3.07 bits per heavy atom. The van der Waals surface area contributed by atoms with Gasteiger partial charge in [0.05, 0.1) is 5.69 Å². The van der Waals surface area contributed by atoms with Gasteiger partial charge in [-0.25, -0.2) is 4.98 Å². The van der Waals surface area contributed by atoms with Crippen LogP contribution >= 0.6 is 23.7 Å². The maximum Gasteiger partial charge on any atom is 0.180 e. The molecule has 0 unspecified atom stereocenters. The standard InChI is InChI=1S/C10H16N2S.ClH/c1-2-3-7-4-5-8-9(6-7)13-10(11)12-8;/h7H,2-6H2,1H3,(H2,11,12);1H/t7-;/m0./s1. The molecule has 1 aliphatic carbocycles. The van der Waals surface area contributed by atoms with Crippen LogP contribution in [0.25, 0.3) is 0 Å². The molecule has 1 aliphatic rings. The Labute approximate surface area is 95.3 Å². The molecule has 0 spiro atoms. The summed E-state index contributed by atoms with van der Waals surface area (Å²) in [5.41, 5.74) is 6.96. The molecule has 0 saturated carbocycles. The molecular formula is C10H17ClN2S. The number of hydrogen-bond acceptors (Lipinski definition) is 3. The normalized spacial score (nSPS) is 19.9. The molecule has 0 fully saturated rings. The fourth-order valence-electron chi connectivity index (χ4n) is 2.12. The van der Waals surface area contributed by atoms with Gasteiger partial charge >= 0.3 is 0 Å². The monoisotopic (exact) mass is 232 g/mol. The van der Waals surface area contributed by atoms with E-state index in [1.807, 2.05) is 0 Å². The summed E-state index contributed by atoms with van der Waals surface area (Å²) in [6.07, 6.45) is 6.33. The van der Waals surface area contributed by atoms with Crippen LogP contribution in [-0.2, 0) is 12.8 Å². The molecule has 2 nitrogen and oxygen atoms in total. The fraction of sp³-hybridized carbons (Fsp3) is 0.700. The van der Waals surface area contributed by atoms with Crippen LogP contribution in [-0.4, -0.2) is 4.98 Å². The van der Waals surface area contributed by atoms with Crippen molar-refractivity contribution in [2.24, 2.45) is 5.92 Å². The summed E-state index contributed by atoms with van der Waals surface area (Å²) < 4.78 is 0. The maximum absolute atomic E-state index is 5.69. The molecule has 0 aliphatic heterocycles. The lowest BCUT2D eigenvalue weighted by atomic mass is 9.88. The Morgan fingerprint density at radius 2 is 2.36 bits per heavy atom. The van der Waals surface area contributed by atoms with Gasteiger partial charge in [0.2, 0.25) is 0 Å². The van der Waals surface area contributed by atoms with Gasteiger partial charge in [-0.3, -0.25) is 0 Å². The summed E-state index contributed by atoms with van der Waals surface area (Å²) in [4.78, 5) is 5.79. The Kier molecular flexibility index (Phi) is 4.20. The third kappa shape index (κ3) is 2.39. The van der Waals surface area contributed by atoms with Crippen LogP contribution in [0.5, 0.6) is 0 Å². The smallest absolute Gasteiger partial charge is 0.180 e. The Hall–Kier alpha value is -0.280. The number of aromatic nitrogens is 1. The molecule has 0 saturated heterocycles. The first-order valence-corrected chi connectivity index (χ1v) is 5.85. The van der Waals surface area contributed by atoms with E-state index in [4.69, 9.17) is 5.73 Å². The molecule has 0 aromatic carbocycles.